The van der Waals surface area contributed by atoms with Crippen LogP contribution in [0.4, 0.5) is 17.1 Å². The fourth-order valence-corrected chi connectivity index (χ4v) is 6.37. The Labute approximate surface area is 207 Å². The molecule has 5 rings (SSSR count). The van der Waals surface area contributed by atoms with Crippen LogP contribution in [0.25, 0.3) is 0 Å². The van der Waals surface area contributed by atoms with Crippen LogP contribution in [0, 0.1) is 11.3 Å². The monoisotopic (exact) mass is 483 g/mol. The number of nitrogens with one attached hydrogen (secondary N) is 1. The van der Waals surface area contributed by atoms with E-state index in [9.17, 15) is 4.79 Å². The molecule has 1 unspecified atom stereocenters. The molecule has 2 saturated heterocycles. The fourth-order valence-electron chi connectivity index (χ4n) is 5.27. The lowest BCUT2D eigenvalue weighted by Crippen LogP contribution is -2.38. The van der Waals surface area contributed by atoms with Gasteiger partial charge in [-0.3, -0.25) is 4.79 Å². The third-order valence-electron chi connectivity index (χ3n) is 7.49. The third kappa shape index (κ3) is 5.11. The van der Waals surface area contributed by atoms with Crippen LogP contribution in [0.2, 0.25) is 0 Å². The molecule has 34 heavy (non-hydrogen) atoms. The molecule has 0 spiro atoms. The number of morpholine rings is 2. The quantitative estimate of drug-likeness (QED) is 0.675. The summed E-state index contributed by atoms with van der Waals surface area (Å²) in [5.41, 5.74) is 4.81. The van der Waals surface area contributed by atoms with E-state index in [-0.39, 0.29) is 5.91 Å². The highest BCUT2D eigenvalue weighted by Gasteiger charge is 2.30. The van der Waals surface area contributed by atoms with Crippen molar-refractivity contribution < 1.29 is 14.3 Å². The predicted octanol–water partition coefficient (Wildman–Crippen LogP) is 4.82. The van der Waals surface area contributed by atoms with Gasteiger partial charge in [0.15, 0.2) is 0 Å². The van der Waals surface area contributed by atoms with Gasteiger partial charge < -0.3 is 24.6 Å². The lowest BCUT2D eigenvalue weighted by Gasteiger charge is -2.33. The molecule has 1 amide bonds. The summed E-state index contributed by atoms with van der Waals surface area (Å²) in [4.78, 5) is 20.3. The molecule has 0 saturated carbocycles. The van der Waals surface area contributed by atoms with E-state index >= 15 is 0 Å². The molecule has 1 aliphatic carbocycles. The van der Waals surface area contributed by atoms with E-state index in [4.69, 9.17) is 9.47 Å². The molecule has 1 N–H and O–H groups in total. The Bertz CT molecular complexity index is 1020. The van der Waals surface area contributed by atoms with Crippen molar-refractivity contribution in [3.05, 3.63) is 39.6 Å². The number of benzene rings is 1. The molecule has 2 aromatic rings. The van der Waals surface area contributed by atoms with Crippen LogP contribution in [0.1, 0.15) is 47.3 Å². The van der Waals surface area contributed by atoms with Gasteiger partial charge in [-0.1, -0.05) is 20.8 Å². The molecule has 6 nitrogen and oxygen atoms in total. The van der Waals surface area contributed by atoms with Gasteiger partial charge in [-0.05, 0) is 60.4 Å². The summed E-state index contributed by atoms with van der Waals surface area (Å²) in [6.07, 6.45) is 3.38. The van der Waals surface area contributed by atoms with Crippen LogP contribution >= 0.6 is 11.3 Å². The van der Waals surface area contributed by atoms with Gasteiger partial charge in [0, 0.05) is 36.7 Å². The second-order valence-electron chi connectivity index (χ2n) is 10.7. The van der Waals surface area contributed by atoms with Crippen molar-refractivity contribution in [1.82, 2.24) is 0 Å². The van der Waals surface area contributed by atoms with E-state index in [1.807, 2.05) is 0 Å². The number of hydrogen-bond donors (Lipinski definition) is 1. The van der Waals surface area contributed by atoms with E-state index in [2.05, 4.69) is 60.2 Å². The van der Waals surface area contributed by atoms with Gasteiger partial charge in [0.05, 0.1) is 42.7 Å². The molecular weight excluding hydrogens is 446 g/mol. The minimum Gasteiger partial charge on any atom is -0.378 e. The lowest BCUT2D eigenvalue weighted by molar-refractivity contribution is 0.103. The van der Waals surface area contributed by atoms with Crippen molar-refractivity contribution in [3.63, 3.8) is 0 Å². The molecule has 184 valence electrons. The van der Waals surface area contributed by atoms with Crippen LogP contribution in [0.3, 0.4) is 0 Å². The van der Waals surface area contributed by atoms with Crippen molar-refractivity contribution in [2.45, 2.75) is 40.0 Å². The van der Waals surface area contributed by atoms with Crippen molar-refractivity contribution in [2.75, 3.05) is 67.7 Å². The highest BCUT2D eigenvalue weighted by atomic mass is 32.1. The largest absolute Gasteiger partial charge is 0.378 e. The number of anilines is 3. The number of carbonyl (C=O) groups excluding carboxylic acids is 1. The Kier molecular flexibility index (Phi) is 6.87. The number of ether oxygens (including phenoxy) is 2. The molecule has 0 bridgehead atoms. The molecule has 0 radical (unpaired) electrons. The summed E-state index contributed by atoms with van der Waals surface area (Å²) in [5, 5.41) is 3.25. The topological polar surface area (TPSA) is 54.0 Å². The average molecular weight is 484 g/mol. The molecule has 3 aliphatic rings. The van der Waals surface area contributed by atoms with Crippen LogP contribution < -0.4 is 15.1 Å². The first-order valence-corrected chi connectivity index (χ1v) is 13.4. The molecule has 3 heterocycles. The Morgan fingerprint density at radius 2 is 1.68 bits per heavy atom. The SMILES string of the molecule is CC(C)(C)C1CCc2sc(C(=O)Nc3ccc(N4CCOCC4)cc3N3CCOCC3)cc2C1. The van der Waals surface area contributed by atoms with Gasteiger partial charge in [-0.15, -0.1) is 11.3 Å². The van der Waals surface area contributed by atoms with Crippen molar-refractivity contribution >= 4 is 34.3 Å². The highest BCUT2D eigenvalue weighted by Crippen LogP contribution is 2.40. The maximum atomic E-state index is 13.4. The van der Waals surface area contributed by atoms with E-state index in [0.29, 0.717) is 24.5 Å². The Hall–Kier alpha value is -2.09. The van der Waals surface area contributed by atoms with E-state index in [0.717, 1.165) is 68.5 Å². The summed E-state index contributed by atoms with van der Waals surface area (Å²) in [7, 11) is 0. The summed E-state index contributed by atoms with van der Waals surface area (Å²) < 4.78 is 11.1. The minimum absolute atomic E-state index is 0.000315. The standard InChI is InChI=1S/C27H37N3O3S/c1-27(2,3)20-4-7-24-19(16-20)17-25(34-24)26(31)28-22-6-5-21(29-8-12-32-13-9-29)18-23(22)30-10-14-33-15-11-30/h5-6,17-18,20H,4,7-16H2,1-3H3,(H,28,31). The van der Waals surface area contributed by atoms with Gasteiger partial charge in [-0.25, -0.2) is 0 Å². The van der Waals surface area contributed by atoms with Gasteiger partial charge in [0.25, 0.3) is 5.91 Å². The Morgan fingerprint density at radius 3 is 2.35 bits per heavy atom. The zero-order chi connectivity index (χ0) is 23.7. The zero-order valence-corrected chi connectivity index (χ0v) is 21.5. The molecule has 2 fully saturated rings. The number of carbonyl (C=O) groups is 1. The summed E-state index contributed by atoms with van der Waals surface area (Å²) in [6, 6.07) is 8.55. The van der Waals surface area contributed by atoms with E-state index in [1.165, 1.54) is 22.5 Å². The van der Waals surface area contributed by atoms with Gasteiger partial charge in [-0.2, -0.15) is 0 Å². The normalized spacial score (nSPS) is 21.3. The summed E-state index contributed by atoms with van der Waals surface area (Å²) in [5.74, 6) is 0.673. The van der Waals surface area contributed by atoms with Crippen molar-refractivity contribution in [2.24, 2.45) is 11.3 Å². The Morgan fingerprint density at radius 1 is 1.00 bits per heavy atom. The number of fused-ring (bicyclic) bond motifs is 1. The smallest absolute Gasteiger partial charge is 0.265 e. The molecule has 1 aromatic heterocycles. The maximum absolute atomic E-state index is 13.4. The summed E-state index contributed by atoms with van der Waals surface area (Å²) in [6.45, 7) is 13.4. The number of nitrogens with zero attached hydrogens (tertiary/aromatic N) is 2. The molecule has 2 aliphatic heterocycles. The lowest BCUT2D eigenvalue weighted by atomic mass is 9.72. The predicted molar refractivity (Wildman–Crippen MR) is 140 cm³/mol. The number of aryl methyl sites for hydroxylation is 1. The van der Waals surface area contributed by atoms with Crippen molar-refractivity contribution in [1.29, 1.82) is 0 Å². The van der Waals surface area contributed by atoms with Crippen LogP contribution in [0.5, 0.6) is 0 Å². The average Bonchev–Trinajstić information content (AvgIpc) is 3.29. The van der Waals surface area contributed by atoms with Gasteiger partial charge in [0.1, 0.15) is 0 Å². The zero-order valence-electron chi connectivity index (χ0n) is 20.7. The second-order valence-corrected chi connectivity index (χ2v) is 11.9. The van der Waals surface area contributed by atoms with E-state index < -0.39 is 0 Å². The summed E-state index contributed by atoms with van der Waals surface area (Å²) >= 11 is 1.67. The first-order valence-electron chi connectivity index (χ1n) is 12.6. The first kappa shape index (κ1) is 23.6. The molecule has 1 atom stereocenters. The first-order chi connectivity index (χ1) is 16.4. The molecule has 1 aromatic carbocycles. The van der Waals surface area contributed by atoms with Crippen LogP contribution in [0.15, 0.2) is 24.3 Å². The van der Waals surface area contributed by atoms with Gasteiger partial charge in [0.2, 0.25) is 0 Å². The van der Waals surface area contributed by atoms with E-state index in [1.54, 1.807) is 11.3 Å². The molecular formula is C27H37N3O3S. The van der Waals surface area contributed by atoms with Crippen LogP contribution in [-0.4, -0.2) is 58.5 Å². The molecule has 7 heteroatoms. The highest BCUT2D eigenvalue weighted by molar-refractivity contribution is 7.14. The number of rotatable bonds is 4. The third-order valence-corrected chi connectivity index (χ3v) is 8.72. The minimum atomic E-state index is 0.000315. The number of thiophene rings is 1. The van der Waals surface area contributed by atoms with Crippen LogP contribution in [-0.2, 0) is 22.3 Å². The Balaban J connectivity index is 1.37. The van der Waals surface area contributed by atoms with Gasteiger partial charge >= 0.3 is 0 Å². The fraction of sp³-hybridized carbons (Fsp3) is 0.593. The number of amides is 1. The van der Waals surface area contributed by atoms with Crippen molar-refractivity contribution in [3.8, 4) is 0 Å². The maximum Gasteiger partial charge on any atom is 0.265 e. The number of hydrogen-bond acceptors (Lipinski definition) is 6. The second kappa shape index (κ2) is 9.88.